The maximum absolute atomic E-state index is 13.3. The summed E-state index contributed by atoms with van der Waals surface area (Å²) in [5, 5.41) is 2.73. The van der Waals surface area contributed by atoms with Gasteiger partial charge in [0.05, 0.1) is 0 Å². The Morgan fingerprint density at radius 3 is 2.70 bits per heavy atom. The molecular weight excluding hydrogens is 295 g/mol. The van der Waals surface area contributed by atoms with Crippen LogP contribution in [0.3, 0.4) is 0 Å². The zero-order valence-electron chi connectivity index (χ0n) is 13.0. The van der Waals surface area contributed by atoms with Gasteiger partial charge in [0.25, 0.3) is 5.91 Å². The van der Waals surface area contributed by atoms with E-state index >= 15 is 0 Å². The summed E-state index contributed by atoms with van der Waals surface area (Å²) in [6.07, 6.45) is 0.731. The smallest absolute Gasteiger partial charge is 0.255 e. The van der Waals surface area contributed by atoms with Crippen molar-refractivity contribution in [1.82, 2.24) is 0 Å². The van der Waals surface area contributed by atoms with Crippen LogP contribution in [0, 0.1) is 12.7 Å². The van der Waals surface area contributed by atoms with Gasteiger partial charge in [-0.15, -0.1) is 0 Å². The number of nitrogens with zero attached hydrogens (tertiary/aromatic N) is 1. The van der Waals surface area contributed by atoms with Gasteiger partial charge in [0.2, 0.25) is 5.91 Å². The highest BCUT2D eigenvalue weighted by molar-refractivity contribution is 6.05. The van der Waals surface area contributed by atoms with E-state index in [4.69, 9.17) is 0 Å². The molecule has 0 aromatic heterocycles. The third-order valence-electron chi connectivity index (χ3n) is 4.07. The first-order valence-corrected chi connectivity index (χ1v) is 7.44. The Morgan fingerprint density at radius 2 is 1.96 bits per heavy atom. The second-order valence-corrected chi connectivity index (χ2v) is 5.68. The van der Waals surface area contributed by atoms with Crippen LogP contribution in [0.15, 0.2) is 36.4 Å². The summed E-state index contributed by atoms with van der Waals surface area (Å²) in [7, 11) is 0. The standard InChI is InChI=1S/C18H17FN2O2/c1-11-3-5-15(19)10-16(11)20-18(23)14-4-6-17-13(9-14)7-8-21(17)12(2)22/h3-6,9-10H,7-8H2,1-2H3,(H,20,23). The first-order chi connectivity index (χ1) is 11.0. The van der Waals surface area contributed by atoms with Crippen LogP contribution in [0.1, 0.15) is 28.4 Å². The number of amides is 2. The van der Waals surface area contributed by atoms with Crippen molar-refractivity contribution < 1.29 is 14.0 Å². The average molecular weight is 312 g/mol. The van der Waals surface area contributed by atoms with E-state index in [0.29, 0.717) is 17.8 Å². The number of aryl methyl sites for hydroxylation is 1. The Labute approximate surface area is 133 Å². The fraction of sp³-hybridized carbons (Fsp3) is 0.222. The molecule has 1 aliphatic rings. The van der Waals surface area contributed by atoms with Gasteiger partial charge >= 0.3 is 0 Å². The summed E-state index contributed by atoms with van der Waals surface area (Å²) < 4.78 is 13.3. The number of benzene rings is 2. The third kappa shape index (κ3) is 2.95. The van der Waals surface area contributed by atoms with E-state index in [1.807, 2.05) is 6.92 Å². The summed E-state index contributed by atoms with van der Waals surface area (Å²) >= 11 is 0. The number of hydrogen-bond donors (Lipinski definition) is 1. The van der Waals surface area contributed by atoms with Crippen LogP contribution in [0.5, 0.6) is 0 Å². The molecule has 0 saturated carbocycles. The molecule has 118 valence electrons. The number of rotatable bonds is 2. The summed E-state index contributed by atoms with van der Waals surface area (Å²) in [4.78, 5) is 25.6. The molecule has 0 unspecified atom stereocenters. The molecule has 2 aromatic carbocycles. The molecule has 0 spiro atoms. The maximum atomic E-state index is 13.3. The van der Waals surface area contributed by atoms with Gasteiger partial charge in [-0.2, -0.15) is 0 Å². The molecule has 0 atom stereocenters. The number of fused-ring (bicyclic) bond motifs is 1. The van der Waals surface area contributed by atoms with E-state index < -0.39 is 5.82 Å². The largest absolute Gasteiger partial charge is 0.322 e. The van der Waals surface area contributed by atoms with Gasteiger partial charge in [-0.25, -0.2) is 4.39 Å². The molecule has 0 fully saturated rings. The van der Waals surface area contributed by atoms with Crippen molar-refractivity contribution in [1.29, 1.82) is 0 Å². The Bertz CT molecular complexity index is 802. The summed E-state index contributed by atoms with van der Waals surface area (Å²) in [5.74, 6) is -0.684. The van der Waals surface area contributed by atoms with Gasteiger partial charge in [-0.1, -0.05) is 6.07 Å². The van der Waals surface area contributed by atoms with Gasteiger partial charge in [-0.3, -0.25) is 9.59 Å². The molecule has 23 heavy (non-hydrogen) atoms. The zero-order valence-corrected chi connectivity index (χ0v) is 13.0. The van der Waals surface area contributed by atoms with Crippen LogP contribution in [0.4, 0.5) is 15.8 Å². The van der Waals surface area contributed by atoms with E-state index in [2.05, 4.69) is 5.32 Å². The average Bonchev–Trinajstić information content (AvgIpc) is 2.94. The van der Waals surface area contributed by atoms with Crippen LogP contribution in [-0.2, 0) is 11.2 Å². The van der Waals surface area contributed by atoms with Crippen LogP contribution < -0.4 is 10.2 Å². The second kappa shape index (κ2) is 5.83. The Hall–Kier alpha value is -2.69. The molecule has 1 heterocycles. The van der Waals surface area contributed by atoms with Crippen molar-refractivity contribution in [2.24, 2.45) is 0 Å². The van der Waals surface area contributed by atoms with Crippen molar-refractivity contribution in [3.05, 3.63) is 58.9 Å². The predicted octanol–water partition coefficient (Wildman–Crippen LogP) is 3.30. The first kappa shape index (κ1) is 15.2. The molecule has 2 aromatic rings. The van der Waals surface area contributed by atoms with Gasteiger partial charge in [0.1, 0.15) is 5.82 Å². The van der Waals surface area contributed by atoms with Crippen LogP contribution in [-0.4, -0.2) is 18.4 Å². The lowest BCUT2D eigenvalue weighted by molar-refractivity contribution is -0.116. The van der Waals surface area contributed by atoms with Crippen LogP contribution in [0.2, 0.25) is 0 Å². The van der Waals surface area contributed by atoms with Crippen molar-refractivity contribution in [2.75, 3.05) is 16.8 Å². The molecule has 0 bridgehead atoms. The minimum Gasteiger partial charge on any atom is -0.322 e. The Kier molecular flexibility index (Phi) is 3.86. The van der Waals surface area contributed by atoms with Gasteiger partial charge in [-0.05, 0) is 54.8 Å². The molecule has 0 saturated heterocycles. The van der Waals surface area contributed by atoms with Crippen LogP contribution >= 0.6 is 0 Å². The van der Waals surface area contributed by atoms with E-state index in [-0.39, 0.29) is 11.8 Å². The lowest BCUT2D eigenvalue weighted by Crippen LogP contribution is -2.25. The first-order valence-electron chi connectivity index (χ1n) is 7.44. The maximum Gasteiger partial charge on any atom is 0.255 e. The molecule has 1 N–H and O–H groups in total. The molecule has 0 aliphatic carbocycles. The number of anilines is 2. The minimum absolute atomic E-state index is 0.00339. The van der Waals surface area contributed by atoms with Crippen molar-refractivity contribution in [3.63, 3.8) is 0 Å². The van der Waals surface area contributed by atoms with Gasteiger partial charge in [0, 0.05) is 30.4 Å². The number of hydrogen-bond acceptors (Lipinski definition) is 2. The molecule has 5 heteroatoms. The lowest BCUT2D eigenvalue weighted by atomic mass is 10.1. The lowest BCUT2D eigenvalue weighted by Gasteiger charge is -2.15. The quantitative estimate of drug-likeness (QED) is 0.925. The SMILES string of the molecule is CC(=O)N1CCc2cc(C(=O)Nc3cc(F)ccc3C)ccc21. The molecule has 2 amide bonds. The molecular formula is C18H17FN2O2. The number of carbonyl (C=O) groups is 2. The Morgan fingerprint density at radius 1 is 1.17 bits per heavy atom. The summed E-state index contributed by atoms with van der Waals surface area (Å²) in [6, 6.07) is 9.55. The van der Waals surface area contributed by atoms with Crippen LogP contribution in [0.25, 0.3) is 0 Å². The minimum atomic E-state index is -0.392. The van der Waals surface area contributed by atoms with Crippen molar-refractivity contribution in [3.8, 4) is 0 Å². The number of halogens is 1. The summed E-state index contributed by atoms with van der Waals surface area (Å²) in [6.45, 7) is 3.98. The monoisotopic (exact) mass is 312 g/mol. The van der Waals surface area contributed by atoms with Crippen molar-refractivity contribution >= 4 is 23.2 Å². The van der Waals surface area contributed by atoms with Gasteiger partial charge < -0.3 is 10.2 Å². The highest BCUT2D eigenvalue weighted by Gasteiger charge is 2.23. The normalized spacial score (nSPS) is 12.9. The highest BCUT2D eigenvalue weighted by atomic mass is 19.1. The summed E-state index contributed by atoms with van der Waals surface area (Å²) in [5.41, 5.74) is 3.59. The second-order valence-electron chi connectivity index (χ2n) is 5.68. The van der Waals surface area contributed by atoms with E-state index in [0.717, 1.165) is 23.2 Å². The van der Waals surface area contributed by atoms with E-state index in [1.165, 1.54) is 19.1 Å². The van der Waals surface area contributed by atoms with Crippen molar-refractivity contribution in [2.45, 2.75) is 20.3 Å². The van der Waals surface area contributed by atoms with E-state index in [1.54, 1.807) is 29.2 Å². The molecule has 3 rings (SSSR count). The molecule has 0 radical (unpaired) electrons. The third-order valence-corrected chi connectivity index (χ3v) is 4.07. The highest BCUT2D eigenvalue weighted by Crippen LogP contribution is 2.29. The fourth-order valence-electron chi connectivity index (χ4n) is 2.79. The van der Waals surface area contributed by atoms with E-state index in [9.17, 15) is 14.0 Å². The fourth-order valence-corrected chi connectivity index (χ4v) is 2.79. The Balaban J connectivity index is 1.84. The predicted molar refractivity (Wildman–Crippen MR) is 87.3 cm³/mol. The number of nitrogens with one attached hydrogen (secondary N) is 1. The molecule has 4 nitrogen and oxygen atoms in total. The topological polar surface area (TPSA) is 49.4 Å². The van der Waals surface area contributed by atoms with Gasteiger partial charge in [0.15, 0.2) is 0 Å². The molecule has 1 aliphatic heterocycles. The zero-order chi connectivity index (χ0) is 16.6. The number of carbonyl (C=O) groups excluding carboxylic acids is 2.